The van der Waals surface area contributed by atoms with Crippen molar-refractivity contribution >= 4 is 44.9 Å². The van der Waals surface area contributed by atoms with E-state index in [4.69, 9.17) is 9.98 Å². The number of anilines is 2. The highest BCUT2D eigenvalue weighted by Gasteiger charge is 2.22. The van der Waals surface area contributed by atoms with Gasteiger partial charge in [0.15, 0.2) is 5.84 Å². The predicted octanol–water partition coefficient (Wildman–Crippen LogP) is 12.9. The molecular weight excluding hydrogens is 707 g/mol. The van der Waals surface area contributed by atoms with Gasteiger partial charge in [0.2, 0.25) is 0 Å². The summed E-state index contributed by atoms with van der Waals surface area (Å²) in [5, 5.41) is 9.97. The highest BCUT2D eigenvalue weighted by Crippen LogP contribution is 2.40. The highest BCUT2D eigenvalue weighted by atomic mass is 15.2. The van der Waals surface area contributed by atoms with Crippen molar-refractivity contribution in [3.8, 4) is 27.9 Å². The Morgan fingerprint density at radius 2 is 1.21 bits per heavy atom. The largest absolute Gasteiger partial charge is 0.355 e. The minimum atomic E-state index is -0.296. The Morgan fingerprint density at radius 3 is 2.03 bits per heavy atom. The van der Waals surface area contributed by atoms with Crippen LogP contribution in [0.15, 0.2) is 210 Å². The molecule has 0 saturated carbocycles. The molecule has 0 bridgehead atoms. The molecule has 9 aromatic rings. The average Bonchev–Trinajstić information content (AvgIpc) is 3.63. The summed E-state index contributed by atoms with van der Waals surface area (Å²) >= 11 is 0. The number of hydrogen-bond donors (Lipinski definition) is 2. The molecule has 2 heterocycles. The van der Waals surface area contributed by atoms with Crippen LogP contribution < -0.4 is 10.6 Å². The van der Waals surface area contributed by atoms with Gasteiger partial charge in [-0.3, -0.25) is 0 Å². The van der Waals surface area contributed by atoms with Crippen LogP contribution in [0.2, 0.25) is 0 Å². The van der Waals surface area contributed by atoms with Crippen LogP contribution in [0, 0.1) is 0 Å². The molecule has 2 N–H and O–H groups in total. The number of aryl methyl sites for hydroxylation is 1. The lowest BCUT2D eigenvalue weighted by atomic mass is 9.94. The molecule has 5 heteroatoms. The number of nitrogens with zero attached hydrogens (tertiary/aromatic N) is 3. The van der Waals surface area contributed by atoms with Crippen molar-refractivity contribution in [2.45, 2.75) is 19.5 Å². The predicted molar refractivity (Wildman–Crippen MR) is 243 cm³/mol. The second kappa shape index (κ2) is 15.2. The lowest BCUT2D eigenvalue weighted by molar-refractivity contribution is 0.674. The van der Waals surface area contributed by atoms with Gasteiger partial charge in [0.1, 0.15) is 12.0 Å². The standard InChI is InChI=1S/C53H41N5/c1-2-36-34-47-45-29-13-15-31-49(45)58(43-26-10-5-11-27-43)50(47)35-46(36)44-28-12-14-30-48(44)54-42-25-17-24-41(33-42)53-56-51(38-20-8-4-9-21-38)55-52(57-53)40-23-16-22-39(32-40)37-18-6-3-7-19-37/h3-35,51,54H,2H2,1H3,(H,55,56,57). The van der Waals surface area contributed by atoms with Crippen LogP contribution in [0.1, 0.15) is 35.3 Å². The summed E-state index contributed by atoms with van der Waals surface area (Å²) < 4.78 is 2.39. The summed E-state index contributed by atoms with van der Waals surface area (Å²) in [6, 6.07) is 70.6. The number of fused-ring (bicyclic) bond motifs is 3. The van der Waals surface area contributed by atoms with E-state index in [2.05, 4.69) is 210 Å². The van der Waals surface area contributed by atoms with Crippen molar-refractivity contribution in [1.29, 1.82) is 0 Å². The lowest BCUT2D eigenvalue weighted by Gasteiger charge is -2.24. The molecule has 0 radical (unpaired) electrons. The SMILES string of the molecule is CCc1cc2c3ccccc3n(-c3ccccc3)c2cc1-c1ccccc1Nc1cccc(C2=NC(c3ccccc3)NC(c3cccc(-c4ccccc4)c3)=N2)c1. The van der Waals surface area contributed by atoms with E-state index >= 15 is 0 Å². The summed E-state index contributed by atoms with van der Waals surface area (Å²) in [6.07, 6.45) is 0.612. The second-order valence-electron chi connectivity index (χ2n) is 14.6. The van der Waals surface area contributed by atoms with Gasteiger partial charge in [0, 0.05) is 44.5 Å². The molecule has 10 rings (SSSR count). The summed E-state index contributed by atoms with van der Waals surface area (Å²) in [7, 11) is 0. The summed E-state index contributed by atoms with van der Waals surface area (Å²) in [6.45, 7) is 2.25. The maximum absolute atomic E-state index is 5.18. The van der Waals surface area contributed by atoms with E-state index in [1.165, 1.54) is 32.9 Å². The fourth-order valence-electron chi connectivity index (χ4n) is 8.18. The molecule has 1 aliphatic rings. The van der Waals surface area contributed by atoms with Crippen LogP contribution in [-0.4, -0.2) is 16.2 Å². The van der Waals surface area contributed by atoms with E-state index in [0.29, 0.717) is 5.84 Å². The Morgan fingerprint density at radius 1 is 0.534 bits per heavy atom. The van der Waals surface area contributed by atoms with Gasteiger partial charge >= 0.3 is 0 Å². The molecule has 58 heavy (non-hydrogen) atoms. The van der Waals surface area contributed by atoms with Crippen molar-refractivity contribution in [2.24, 2.45) is 9.98 Å². The van der Waals surface area contributed by atoms with Gasteiger partial charge in [-0.25, -0.2) is 9.98 Å². The van der Waals surface area contributed by atoms with Crippen molar-refractivity contribution in [3.63, 3.8) is 0 Å². The van der Waals surface area contributed by atoms with Gasteiger partial charge in [-0.2, -0.15) is 0 Å². The third-order valence-corrected chi connectivity index (χ3v) is 11.0. The van der Waals surface area contributed by atoms with Gasteiger partial charge in [-0.05, 0) is 88.8 Å². The van der Waals surface area contributed by atoms with Crippen LogP contribution in [0.5, 0.6) is 0 Å². The van der Waals surface area contributed by atoms with E-state index in [0.717, 1.165) is 62.7 Å². The number of aromatic nitrogens is 1. The first kappa shape index (κ1) is 35.0. The molecule has 8 aromatic carbocycles. The molecule has 1 unspecified atom stereocenters. The molecule has 1 aliphatic heterocycles. The second-order valence-corrected chi connectivity index (χ2v) is 14.6. The van der Waals surface area contributed by atoms with Gasteiger partial charge < -0.3 is 15.2 Å². The maximum Gasteiger partial charge on any atom is 0.159 e. The van der Waals surface area contributed by atoms with Crippen LogP contribution in [0.25, 0.3) is 49.7 Å². The molecule has 0 saturated heterocycles. The zero-order valence-corrected chi connectivity index (χ0v) is 32.2. The fourth-order valence-corrected chi connectivity index (χ4v) is 8.18. The van der Waals surface area contributed by atoms with Gasteiger partial charge in [-0.1, -0.05) is 153 Å². The van der Waals surface area contributed by atoms with Crippen molar-refractivity contribution in [3.05, 3.63) is 222 Å². The van der Waals surface area contributed by atoms with Crippen molar-refractivity contribution in [1.82, 2.24) is 9.88 Å². The van der Waals surface area contributed by atoms with E-state index < -0.39 is 0 Å². The number of aliphatic imine (C=N–C) groups is 2. The van der Waals surface area contributed by atoms with E-state index in [-0.39, 0.29) is 6.17 Å². The van der Waals surface area contributed by atoms with Crippen LogP contribution in [0.4, 0.5) is 11.4 Å². The van der Waals surface area contributed by atoms with Gasteiger partial charge in [0.25, 0.3) is 0 Å². The highest BCUT2D eigenvalue weighted by molar-refractivity contribution is 6.14. The van der Waals surface area contributed by atoms with Crippen molar-refractivity contribution < 1.29 is 0 Å². The molecular formula is C53H41N5. The lowest BCUT2D eigenvalue weighted by Crippen LogP contribution is -2.33. The fraction of sp³-hybridized carbons (Fsp3) is 0.0566. The Bertz CT molecular complexity index is 2980. The number of amidine groups is 2. The Hall–Kier alpha value is -7.50. The quantitative estimate of drug-likeness (QED) is 0.154. The number of hydrogen-bond acceptors (Lipinski definition) is 4. The first-order chi connectivity index (χ1) is 28.7. The number of nitrogens with one attached hydrogen (secondary N) is 2. The van der Waals surface area contributed by atoms with Crippen molar-refractivity contribution in [2.75, 3.05) is 5.32 Å². The van der Waals surface area contributed by atoms with Gasteiger partial charge in [0.05, 0.1) is 11.0 Å². The third kappa shape index (κ3) is 6.63. The molecule has 0 spiro atoms. The molecule has 278 valence electrons. The van der Waals surface area contributed by atoms with Crippen LogP contribution in [-0.2, 0) is 6.42 Å². The number of para-hydroxylation sites is 3. The topological polar surface area (TPSA) is 53.7 Å². The first-order valence-corrected chi connectivity index (χ1v) is 19.9. The Labute approximate surface area is 338 Å². The van der Waals surface area contributed by atoms with E-state index in [1.807, 2.05) is 12.1 Å². The maximum atomic E-state index is 5.18. The average molecular weight is 748 g/mol. The summed E-state index contributed by atoms with van der Waals surface area (Å²) in [5.41, 5.74) is 14.5. The molecule has 0 fully saturated rings. The van der Waals surface area contributed by atoms with Crippen LogP contribution >= 0.6 is 0 Å². The zero-order chi connectivity index (χ0) is 38.8. The van der Waals surface area contributed by atoms with Crippen LogP contribution in [0.3, 0.4) is 0 Å². The number of benzene rings is 8. The Kier molecular flexibility index (Phi) is 9.16. The monoisotopic (exact) mass is 747 g/mol. The first-order valence-electron chi connectivity index (χ1n) is 19.9. The third-order valence-electron chi connectivity index (χ3n) is 11.0. The normalized spacial score (nSPS) is 13.8. The molecule has 1 atom stereocenters. The molecule has 1 aromatic heterocycles. The smallest absolute Gasteiger partial charge is 0.159 e. The molecule has 0 aliphatic carbocycles. The molecule has 0 amide bonds. The van der Waals surface area contributed by atoms with E-state index in [9.17, 15) is 0 Å². The number of rotatable bonds is 9. The minimum Gasteiger partial charge on any atom is -0.355 e. The Balaban J connectivity index is 1.04. The summed E-state index contributed by atoms with van der Waals surface area (Å²) in [5.74, 6) is 1.47. The zero-order valence-electron chi connectivity index (χ0n) is 32.2. The summed E-state index contributed by atoms with van der Waals surface area (Å²) in [4.78, 5) is 10.4. The minimum absolute atomic E-state index is 0.296. The molecule has 5 nitrogen and oxygen atoms in total. The van der Waals surface area contributed by atoms with E-state index in [1.54, 1.807) is 0 Å². The van der Waals surface area contributed by atoms with Gasteiger partial charge in [-0.15, -0.1) is 0 Å².